The van der Waals surface area contributed by atoms with Crippen LogP contribution in [0.2, 0.25) is 5.02 Å². The number of carbonyl (C=O) groups excluding carboxylic acids is 1. The Morgan fingerprint density at radius 3 is 2.39 bits per heavy atom. The van der Waals surface area contributed by atoms with Gasteiger partial charge in [0.25, 0.3) is 0 Å². The number of aromatic carboxylic acids is 1. The van der Waals surface area contributed by atoms with Crippen LogP contribution in [0.3, 0.4) is 0 Å². The molecule has 0 saturated heterocycles. The number of esters is 1. The number of ether oxygens (including phenoxy) is 1. The maximum Gasteiger partial charge on any atom is 0.337 e. The molecule has 0 aliphatic heterocycles. The molecule has 0 unspecified atom stereocenters. The third kappa shape index (κ3) is 3.77. The summed E-state index contributed by atoms with van der Waals surface area (Å²) >= 11 is 6.13. The summed E-state index contributed by atoms with van der Waals surface area (Å²) in [5, 5.41) is 20.6. The van der Waals surface area contributed by atoms with Gasteiger partial charge in [-0.2, -0.15) is 0 Å². The lowest BCUT2D eigenvalue weighted by atomic mass is 10.1. The van der Waals surface area contributed by atoms with Crippen molar-refractivity contribution in [2.45, 2.75) is 0 Å². The summed E-state index contributed by atoms with van der Waals surface area (Å²) in [4.78, 5) is 25.3. The van der Waals surface area contributed by atoms with Crippen LogP contribution in [0.25, 0.3) is 0 Å². The Bertz CT molecular complexity index is 1050. The van der Waals surface area contributed by atoms with E-state index in [1.165, 1.54) is 36.3 Å². The molecule has 0 bridgehead atoms. The molecule has 142 valence electrons. The molecule has 3 aromatic rings. The van der Waals surface area contributed by atoms with Crippen molar-refractivity contribution in [3.63, 3.8) is 0 Å². The summed E-state index contributed by atoms with van der Waals surface area (Å²) in [5.41, 5.74) is 1.24. The second-order valence-electron chi connectivity index (χ2n) is 5.83. The Labute approximate surface area is 166 Å². The lowest BCUT2D eigenvalue weighted by Crippen LogP contribution is -2.15. The number of anilines is 3. The van der Waals surface area contributed by atoms with Crippen LogP contribution in [0.1, 0.15) is 20.7 Å². The molecular formula is C21H16ClNO5. The summed E-state index contributed by atoms with van der Waals surface area (Å²) < 4.78 is 4.75. The Morgan fingerprint density at radius 1 is 0.964 bits per heavy atom. The Hall–Kier alpha value is -3.51. The number of aromatic hydroxyl groups is 1. The van der Waals surface area contributed by atoms with Crippen molar-refractivity contribution in [1.29, 1.82) is 0 Å². The number of rotatable bonds is 5. The van der Waals surface area contributed by atoms with Gasteiger partial charge in [0, 0.05) is 10.7 Å². The minimum absolute atomic E-state index is 0.0188. The van der Waals surface area contributed by atoms with Gasteiger partial charge in [-0.25, -0.2) is 9.59 Å². The number of carboxylic acid groups (broad SMARTS) is 1. The summed E-state index contributed by atoms with van der Waals surface area (Å²) in [6.07, 6.45) is 0. The van der Waals surface area contributed by atoms with E-state index >= 15 is 0 Å². The van der Waals surface area contributed by atoms with Crippen LogP contribution in [0, 0.1) is 0 Å². The normalized spacial score (nSPS) is 10.4. The highest BCUT2D eigenvalue weighted by Gasteiger charge is 2.23. The van der Waals surface area contributed by atoms with Crippen LogP contribution in [-0.2, 0) is 4.74 Å². The quantitative estimate of drug-likeness (QED) is 0.589. The SMILES string of the molecule is COC(=O)c1ccc(O)c(N(c2cccc(Cl)c2)c2ccccc2C(=O)O)c1. The van der Waals surface area contributed by atoms with Crippen LogP contribution in [0.4, 0.5) is 17.1 Å². The molecule has 3 aromatic carbocycles. The van der Waals surface area contributed by atoms with Gasteiger partial charge in [-0.3, -0.25) is 0 Å². The number of methoxy groups -OCH3 is 1. The molecule has 0 aliphatic carbocycles. The number of carboxylic acids is 1. The molecule has 0 fully saturated rings. The van der Waals surface area contributed by atoms with E-state index in [0.29, 0.717) is 16.4 Å². The van der Waals surface area contributed by atoms with Gasteiger partial charge in [0.15, 0.2) is 0 Å². The van der Waals surface area contributed by atoms with Crippen molar-refractivity contribution in [3.05, 3.63) is 82.9 Å². The van der Waals surface area contributed by atoms with E-state index in [4.69, 9.17) is 16.3 Å². The average molecular weight is 398 g/mol. The third-order valence-corrected chi connectivity index (χ3v) is 4.31. The number of phenols is 1. The van der Waals surface area contributed by atoms with Gasteiger partial charge < -0.3 is 19.8 Å². The van der Waals surface area contributed by atoms with E-state index in [2.05, 4.69) is 0 Å². The lowest BCUT2D eigenvalue weighted by molar-refractivity contribution is 0.0599. The number of hydrogen-bond donors (Lipinski definition) is 2. The van der Waals surface area contributed by atoms with Crippen molar-refractivity contribution >= 4 is 40.6 Å². The second-order valence-corrected chi connectivity index (χ2v) is 6.27. The number of para-hydroxylation sites is 1. The van der Waals surface area contributed by atoms with Crippen LogP contribution in [-0.4, -0.2) is 29.3 Å². The maximum absolute atomic E-state index is 12.0. The van der Waals surface area contributed by atoms with Crippen LogP contribution < -0.4 is 4.90 Å². The highest BCUT2D eigenvalue weighted by molar-refractivity contribution is 6.30. The Morgan fingerprint density at radius 2 is 1.71 bits per heavy atom. The highest BCUT2D eigenvalue weighted by Crippen LogP contribution is 2.42. The van der Waals surface area contributed by atoms with E-state index in [0.717, 1.165) is 0 Å². The molecule has 0 aromatic heterocycles. The molecule has 0 radical (unpaired) electrons. The molecule has 0 atom stereocenters. The first-order chi connectivity index (χ1) is 13.4. The van der Waals surface area contributed by atoms with E-state index in [1.54, 1.807) is 42.5 Å². The molecule has 2 N–H and O–H groups in total. The molecule has 0 heterocycles. The van der Waals surface area contributed by atoms with E-state index in [9.17, 15) is 19.8 Å². The molecule has 7 heteroatoms. The van der Waals surface area contributed by atoms with E-state index in [1.807, 2.05) is 0 Å². The first-order valence-electron chi connectivity index (χ1n) is 8.21. The number of hydrogen-bond acceptors (Lipinski definition) is 5. The highest BCUT2D eigenvalue weighted by atomic mass is 35.5. The molecule has 3 rings (SSSR count). The number of nitrogens with zero attached hydrogens (tertiary/aromatic N) is 1. The number of carbonyl (C=O) groups is 2. The summed E-state index contributed by atoms with van der Waals surface area (Å²) in [6.45, 7) is 0. The first kappa shape index (κ1) is 19.3. The zero-order valence-corrected chi connectivity index (χ0v) is 15.6. The fourth-order valence-corrected chi connectivity index (χ4v) is 3.00. The van der Waals surface area contributed by atoms with Gasteiger partial charge in [-0.1, -0.05) is 29.8 Å². The average Bonchev–Trinajstić information content (AvgIpc) is 2.69. The van der Waals surface area contributed by atoms with Crippen molar-refractivity contribution < 1.29 is 24.5 Å². The minimum atomic E-state index is -1.13. The smallest absolute Gasteiger partial charge is 0.337 e. The summed E-state index contributed by atoms with van der Waals surface area (Å²) in [5.74, 6) is -1.86. The predicted octanol–water partition coefficient (Wildman–Crippen LogP) is 5.00. The fraction of sp³-hybridized carbons (Fsp3) is 0.0476. The Balaban J connectivity index is 2.30. The van der Waals surface area contributed by atoms with Crippen LogP contribution >= 0.6 is 11.6 Å². The van der Waals surface area contributed by atoms with Crippen molar-refractivity contribution in [1.82, 2.24) is 0 Å². The fourth-order valence-electron chi connectivity index (χ4n) is 2.82. The third-order valence-electron chi connectivity index (χ3n) is 4.08. The second kappa shape index (κ2) is 8.02. The van der Waals surface area contributed by atoms with E-state index in [-0.39, 0.29) is 22.6 Å². The van der Waals surface area contributed by atoms with E-state index < -0.39 is 11.9 Å². The molecule has 0 spiro atoms. The zero-order valence-electron chi connectivity index (χ0n) is 14.8. The topological polar surface area (TPSA) is 87.1 Å². The molecule has 28 heavy (non-hydrogen) atoms. The van der Waals surface area contributed by atoms with Crippen molar-refractivity contribution in [3.8, 4) is 5.75 Å². The van der Waals surface area contributed by atoms with Gasteiger partial charge in [0.1, 0.15) is 5.75 Å². The monoisotopic (exact) mass is 397 g/mol. The predicted molar refractivity (Wildman–Crippen MR) is 106 cm³/mol. The van der Waals surface area contributed by atoms with Gasteiger partial charge in [-0.05, 0) is 48.5 Å². The van der Waals surface area contributed by atoms with Gasteiger partial charge in [0.2, 0.25) is 0 Å². The molecule has 0 amide bonds. The number of benzene rings is 3. The zero-order chi connectivity index (χ0) is 20.3. The largest absolute Gasteiger partial charge is 0.506 e. The Kier molecular flexibility index (Phi) is 5.52. The lowest BCUT2D eigenvalue weighted by Gasteiger charge is -2.27. The summed E-state index contributed by atoms with van der Waals surface area (Å²) in [7, 11) is 1.25. The minimum Gasteiger partial charge on any atom is -0.506 e. The summed E-state index contributed by atoms with van der Waals surface area (Å²) in [6, 6.07) is 17.3. The number of phenolic OH excluding ortho intramolecular Hbond substituents is 1. The molecular weight excluding hydrogens is 382 g/mol. The number of halogens is 1. The van der Waals surface area contributed by atoms with Gasteiger partial charge >= 0.3 is 11.9 Å². The van der Waals surface area contributed by atoms with Gasteiger partial charge in [0.05, 0.1) is 29.6 Å². The molecule has 6 nitrogen and oxygen atoms in total. The van der Waals surface area contributed by atoms with Crippen molar-refractivity contribution in [2.75, 3.05) is 12.0 Å². The molecule has 0 saturated carbocycles. The maximum atomic E-state index is 12.0. The molecule has 0 aliphatic rings. The van der Waals surface area contributed by atoms with Gasteiger partial charge in [-0.15, -0.1) is 0 Å². The first-order valence-corrected chi connectivity index (χ1v) is 8.59. The van der Waals surface area contributed by atoms with Crippen LogP contribution in [0.5, 0.6) is 5.75 Å². The standard InChI is InChI=1S/C21H16ClNO5/c1-28-21(27)13-9-10-19(24)18(11-13)23(15-6-4-5-14(22)12-15)17-8-3-2-7-16(17)20(25)26/h2-12,24H,1H3,(H,25,26). The van der Waals surface area contributed by atoms with Crippen LogP contribution in [0.15, 0.2) is 66.7 Å². The van der Waals surface area contributed by atoms with Crippen molar-refractivity contribution in [2.24, 2.45) is 0 Å².